The van der Waals surface area contributed by atoms with Crippen LogP contribution in [0, 0.1) is 0 Å². The Labute approximate surface area is 155 Å². The van der Waals surface area contributed by atoms with Crippen molar-refractivity contribution in [1.29, 1.82) is 0 Å². The number of carbonyl (C=O) groups is 1. The maximum Gasteiger partial charge on any atom is 0.224 e. The number of benzene rings is 3. The second-order valence-corrected chi connectivity index (χ2v) is 7.34. The van der Waals surface area contributed by atoms with Crippen molar-refractivity contribution in [1.82, 2.24) is 5.32 Å². The Balaban J connectivity index is 1.47. The van der Waals surface area contributed by atoms with Gasteiger partial charge in [0.05, 0.1) is 12.5 Å². The largest absolute Gasteiger partial charge is 0.349 e. The maximum atomic E-state index is 12.6. The average Bonchev–Trinajstić information content (AvgIpc) is 2.68. The van der Waals surface area contributed by atoms with Crippen LogP contribution in [0.1, 0.15) is 48.1 Å². The molecule has 1 amide bonds. The summed E-state index contributed by atoms with van der Waals surface area (Å²) in [4.78, 5) is 12.6. The molecule has 1 N–H and O–H groups in total. The van der Waals surface area contributed by atoms with Gasteiger partial charge < -0.3 is 5.32 Å². The predicted molar refractivity (Wildman–Crippen MR) is 107 cm³/mol. The van der Waals surface area contributed by atoms with Crippen LogP contribution in [0.15, 0.2) is 60.7 Å². The van der Waals surface area contributed by atoms with Crippen molar-refractivity contribution in [2.75, 3.05) is 0 Å². The number of aryl methyl sites for hydroxylation is 2. The molecule has 26 heavy (non-hydrogen) atoms. The Bertz CT molecular complexity index is 939. The summed E-state index contributed by atoms with van der Waals surface area (Å²) in [6.07, 6.45) is 5.34. The minimum absolute atomic E-state index is 0.0321. The zero-order valence-corrected chi connectivity index (χ0v) is 15.3. The number of hydrogen-bond donors (Lipinski definition) is 1. The molecular formula is C24H25NO. The second kappa shape index (κ2) is 7.33. The lowest BCUT2D eigenvalue weighted by molar-refractivity contribution is -0.121. The van der Waals surface area contributed by atoms with E-state index in [-0.39, 0.29) is 11.9 Å². The van der Waals surface area contributed by atoms with E-state index in [0.29, 0.717) is 6.42 Å². The van der Waals surface area contributed by atoms with Crippen molar-refractivity contribution in [3.05, 3.63) is 82.9 Å². The van der Waals surface area contributed by atoms with Gasteiger partial charge in [-0.15, -0.1) is 0 Å². The first kappa shape index (κ1) is 16.8. The summed E-state index contributed by atoms with van der Waals surface area (Å²) in [6.45, 7) is 2.07. The molecule has 1 aliphatic carbocycles. The summed E-state index contributed by atoms with van der Waals surface area (Å²) in [5.74, 6) is 0.0755. The molecule has 2 heteroatoms. The fourth-order valence-corrected chi connectivity index (χ4v) is 4.02. The van der Waals surface area contributed by atoms with E-state index >= 15 is 0 Å². The number of nitrogens with one attached hydrogen (secondary N) is 1. The van der Waals surface area contributed by atoms with E-state index in [9.17, 15) is 4.79 Å². The summed E-state index contributed by atoms with van der Waals surface area (Å²) >= 11 is 0. The van der Waals surface area contributed by atoms with Crippen LogP contribution in [-0.2, 0) is 24.1 Å². The number of carbonyl (C=O) groups excluding carboxylic acids is 1. The molecule has 0 radical (unpaired) electrons. The third-order valence-corrected chi connectivity index (χ3v) is 5.48. The smallest absolute Gasteiger partial charge is 0.224 e. The van der Waals surface area contributed by atoms with Gasteiger partial charge in [-0.1, -0.05) is 60.7 Å². The van der Waals surface area contributed by atoms with Gasteiger partial charge in [-0.3, -0.25) is 4.79 Å². The van der Waals surface area contributed by atoms with E-state index in [1.165, 1.54) is 47.8 Å². The van der Waals surface area contributed by atoms with Crippen molar-refractivity contribution in [2.24, 2.45) is 0 Å². The van der Waals surface area contributed by atoms with E-state index in [2.05, 4.69) is 48.6 Å². The Morgan fingerprint density at radius 3 is 2.62 bits per heavy atom. The Morgan fingerprint density at radius 2 is 1.73 bits per heavy atom. The van der Waals surface area contributed by atoms with Crippen LogP contribution >= 0.6 is 0 Å². The van der Waals surface area contributed by atoms with E-state index in [0.717, 1.165) is 10.9 Å². The lowest BCUT2D eigenvalue weighted by Gasteiger charge is -2.20. The van der Waals surface area contributed by atoms with Gasteiger partial charge in [0.15, 0.2) is 0 Å². The topological polar surface area (TPSA) is 29.1 Å². The minimum Gasteiger partial charge on any atom is -0.349 e. The van der Waals surface area contributed by atoms with Gasteiger partial charge in [0.25, 0.3) is 0 Å². The number of amides is 1. The van der Waals surface area contributed by atoms with Gasteiger partial charge in [0.2, 0.25) is 5.91 Å². The molecule has 3 aromatic carbocycles. The lowest BCUT2D eigenvalue weighted by Crippen LogP contribution is -2.28. The van der Waals surface area contributed by atoms with Gasteiger partial charge in [-0.25, -0.2) is 0 Å². The Kier molecular flexibility index (Phi) is 4.75. The van der Waals surface area contributed by atoms with Gasteiger partial charge in [-0.2, -0.15) is 0 Å². The highest BCUT2D eigenvalue weighted by Crippen LogP contribution is 2.25. The standard InChI is InChI=1S/C24H25NO/c1-17(20-14-13-18-7-2-3-9-21(18)15-20)25-24(26)16-22-11-6-10-19-8-4-5-12-23(19)22/h4-6,8,10-15,17H,2-3,7,9,16H2,1H3,(H,25,26)/t17-/m1/s1. The van der Waals surface area contributed by atoms with Crippen LogP contribution in [0.2, 0.25) is 0 Å². The van der Waals surface area contributed by atoms with E-state index in [4.69, 9.17) is 0 Å². The van der Waals surface area contributed by atoms with Crippen LogP contribution in [0.5, 0.6) is 0 Å². The highest BCUT2D eigenvalue weighted by Gasteiger charge is 2.15. The van der Waals surface area contributed by atoms with E-state index < -0.39 is 0 Å². The lowest BCUT2D eigenvalue weighted by atomic mass is 9.89. The first-order valence-corrected chi connectivity index (χ1v) is 9.58. The molecule has 132 valence electrons. The average molecular weight is 343 g/mol. The molecule has 1 aliphatic rings. The quantitative estimate of drug-likeness (QED) is 0.698. The van der Waals surface area contributed by atoms with Crippen molar-refractivity contribution in [2.45, 2.75) is 45.1 Å². The second-order valence-electron chi connectivity index (χ2n) is 7.34. The van der Waals surface area contributed by atoms with Crippen LogP contribution in [0.25, 0.3) is 10.8 Å². The minimum atomic E-state index is 0.0321. The Morgan fingerprint density at radius 1 is 0.962 bits per heavy atom. The zero-order valence-electron chi connectivity index (χ0n) is 15.3. The monoisotopic (exact) mass is 343 g/mol. The van der Waals surface area contributed by atoms with Gasteiger partial charge in [0, 0.05) is 0 Å². The first-order valence-electron chi connectivity index (χ1n) is 9.58. The van der Waals surface area contributed by atoms with Gasteiger partial charge in [-0.05, 0) is 65.6 Å². The zero-order chi connectivity index (χ0) is 17.9. The molecule has 0 saturated carbocycles. The number of fused-ring (bicyclic) bond motifs is 2. The van der Waals surface area contributed by atoms with Crippen molar-refractivity contribution < 1.29 is 4.79 Å². The summed E-state index contributed by atoms with van der Waals surface area (Å²) in [7, 11) is 0. The fourth-order valence-electron chi connectivity index (χ4n) is 4.02. The molecule has 1 atom stereocenters. The highest BCUT2D eigenvalue weighted by atomic mass is 16.1. The summed E-state index contributed by atoms with van der Waals surface area (Å²) in [5.41, 5.74) is 5.23. The van der Waals surface area contributed by atoms with Crippen molar-refractivity contribution in [3.63, 3.8) is 0 Å². The third kappa shape index (κ3) is 3.50. The van der Waals surface area contributed by atoms with Crippen LogP contribution < -0.4 is 5.32 Å². The van der Waals surface area contributed by atoms with Crippen LogP contribution in [-0.4, -0.2) is 5.91 Å². The predicted octanol–water partition coefficient (Wildman–Crippen LogP) is 5.14. The SMILES string of the molecule is C[C@@H](NC(=O)Cc1cccc2ccccc12)c1ccc2c(c1)CCCC2. The Hall–Kier alpha value is -2.61. The molecule has 0 bridgehead atoms. The number of rotatable bonds is 4. The third-order valence-electron chi connectivity index (χ3n) is 5.48. The maximum absolute atomic E-state index is 12.6. The highest BCUT2D eigenvalue weighted by molar-refractivity contribution is 5.90. The molecule has 0 heterocycles. The summed E-state index contributed by atoms with van der Waals surface area (Å²) in [5, 5.41) is 5.52. The van der Waals surface area contributed by atoms with E-state index in [1.54, 1.807) is 0 Å². The van der Waals surface area contributed by atoms with Gasteiger partial charge in [0.1, 0.15) is 0 Å². The van der Waals surface area contributed by atoms with Crippen LogP contribution in [0.3, 0.4) is 0 Å². The molecule has 0 saturated heterocycles. The molecular weight excluding hydrogens is 318 g/mol. The molecule has 0 fully saturated rings. The molecule has 0 aliphatic heterocycles. The molecule has 3 aromatic rings. The molecule has 0 unspecified atom stereocenters. The van der Waals surface area contributed by atoms with E-state index in [1.807, 2.05) is 24.3 Å². The molecule has 0 spiro atoms. The fraction of sp³-hybridized carbons (Fsp3) is 0.292. The summed E-state index contributed by atoms with van der Waals surface area (Å²) in [6, 6.07) is 21.1. The normalized spacial score (nSPS) is 14.7. The number of hydrogen-bond acceptors (Lipinski definition) is 1. The van der Waals surface area contributed by atoms with Gasteiger partial charge >= 0.3 is 0 Å². The van der Waals surface area contributed by atoms with Crippen molar-refractivity contribution >= 4 is 16.7 Å². The molecule has 2 nitrogen and oxygen atoms in total. The first-order chi connectivity index (χ1) is 12.7. The summed E-state index contributed by atoms with van der Waals surface area (Å²) < 4.78 is 0. The van der Waals surface area contributed by atoms with Crippen molar-refractivity contribution in [3.8, 4) is 0 Å². The van der Waals surface area contributed by atoms with Crippen LogP contribution in [0.4, 0.5) is 0 Å². The molecule has 0 aromatic heterocycles. The molecule has 4 rings (SSSR count).